The first-order valence-corrected chi connectivity index (χ1v) is 7.14. The van der Waals surface area contributed by atoms with Crippen molar-refractivity contribution in [1.29, 1.82) is 0 Å². The van der Waals surface area contributed by atoms with Gasteiger partial charge >= 0.3 is 5.97 Å². The number of nitrogens with zero attached hydrogens (tertiary/aromatic N) is 1. The van der Waals surface area contributed by atoms with Crippen molar-refractivity contribution in [2.45, 2.75) is 39.7 Å². The van der Waals surface area contributed by atoms with Gasteiger partial charge in [-0.05, 0) is 44.6 Å². The van der Waals surface area contributed by atoms with Crippen molar-refractivity contribution in [1.82, 2.24) is 4.90 Å². The number of rotatable bonds is 7. The molecule has 0 saturated carbocycles. The summed E-state index contributed by atoms with van der Waals surface area (Å²) in [5.74, 6) is -0.545. The molecular weight excluding hydrogens is 257 g/mol. The van der Waals surface area contributed by atoms with Crippen molar-refractivity contribution >= 4 is 5.97 Å². The smallest absolute Gasteiger partial charge is 0.307 e. The molecule has 4 heteroatoms. The van der Waals surface area contributed by atoms with E-state index < -0.39 is 5.54 Å². The highest BCUT2D eigenvalue weighted by molar-refractivity contribution is 5.71. The lowest BCUT2D eigenvalue weighted by molar-refractivity contribution is -0.146. The minimum atomic E-state index is -0.558. The van der Waals surface area contributed by atoms with E-state index in [1.807, 2.05) is 26.8 Å². The summed E-state index contributed by atoms with van der Waals surface area (Å²) in [5, 5.41) is 0. The van der Waals surface area contributed by atoms with Gasteiger partial charge in [-0.3, -0.25) is 9.69 Å². The molecule has 0 radical (unpaired) electrons. The Morgan fingerprint density at radius 3 is 2.45 bits per heavy atom. The van der Waals surface area contributed by atoms with E-state index in [1.54, 1.807) is 13.0 Å². The Morgan fingerprint density at radius 2 is 1.95 bits per heavy atom. The summed E-state index contributed by atoms with van der Waals surface area (Å²) in [6.45, 7) is 9.74. The van der Waals surface area contributed by atoms with Gasteiger partial charge in [-0.1, -0.05) is 26.0 Å². The maximum Gasteiger partial charge on any atom is 0.307 e. The van der Waals surface area contributed by atoms with Crippen LogP contribution in [0.15, 0.2) is 24.3 Å². The minimum absolute atomic E-state index is 0.214. The lowest BCUT2D eigenvalue weighted by Crippen LogP contribution is -2.45. The highest BCUT2D eigenvalue weighted by Crippen LogP contribution is 2.32. The molecule has 0 N–H and O–H groups in total. The molecule has 0 heterocycles. The Balaban J connectivity index is 3.15. The topological polar surface area (TPSA) is 29.5 Å². The molecule has 1 rings (SSSR count). The Morgan fingerprint density at radius 1 is 1.30 bits per heavy atom. The zero-order valence-electron chi connectivity index (χ0n) is 12.8. The third-order valence-corrected chi connectivity index (χ3v) is 3.70. The summed E-state index contributed by atoms with van der Waals surface area (Å²) >= 11 is 0. The van der Waals surface area contributed by atoms with Crippen LogP contribution < -0.4 is 0 Å². The lowest BCUT2D eigenvalue weighted by atomic mass is 9.86. The third-order valence-electron chi connectivity index (χ3n) is 3.70. The van der Waals surface area contributed by atoms with Crippen LogP contribution in [0.25, 0.3) is 0 Å². The molecule has 0 fully saturated rings. The van der Waals surface area contributed by atoms with E-state index in [9.17, 15) is 9.18 Å². The van der Waals surface area contributed by atoms with Crippen LogP contribution in [-0.4, -0.2) is 30.6 Å². The number of carbonyl (C=O) groups excluding carboxylic acids is 1. The van der Waals surface area contributed by atoms with Crippen molar-refractivity contribution in [2.24, 2.45) is 0 Å². The monoisotopic (exact) mass is 281 g/mol. The van der Waals surface area contributed by atoms with E-state index in [0.29, 0.717) is 6.61 Å². The average Bonchev–Trinajstić information content (AvgIpc) is 2.40. The standard InChI is InChI=1S/C16H24FNO2/c1-5-18(6-2)16(4,12-15(19)20-7-3)13-9-8-10-14(17)11-13/h8-11H,5-7,12H2,1-4H3. The van der Waals surface area contributed by atoms with Crippen LogP contribution in [0.2, 0.25) is 0 Å². The van der Waals surface area contributed by atoms with Gasteiger partial charge in [0.05, 0.1) is 18.6 Å². The average molecular weight is 281 g/mol. The van der Waals surface area contributed by atoms with Crippen molar-refractivity contribution in [2.75, 3.05) is 19.7 Å². The SMILES string of the molecule is CCOC(=O)CC(C)(c1cccc(F)c1)N(CC)CC. The fourth-order valence-corrected chi connectivity index (χ4v) is 2.63. The van der Waals surface area contributed by atoms with Crippen LogP contribution in [0.3, 0.4) is 0 Å². The van der Waals surface area contributed by atoms with E-state index >= 15 is 0 Å². The summed E-state index contributed by atoms with van der Waals surface area (Å²) in [4.78, 5) is 14.1. The van der Waals surface area contributed by atoms with Gasteiger partial charge in [0.25, 0.3) is 0 Å². The van der Waals surface area contributed by atoms with Crippen LogP contribution in [0.4, 0.5) is 4.39 Å². The number of ether oxygens (including phenoxy) is 1. The van der Waals surface area contributed by atoms with Gasteiger partial charge in [0.2, 0.25) is 0 Å². The number of halogens is 1. The molecule has 0 spiro atoms. The van der Waals surface area contributed by atoms with Crippen molar-refractivity contribution in [3.63, 3.8) is 0 Å². The fraction of sp³-hybridized carbons (Fsp3) is 0.562. The molecule has 1 aromatic carbocycles. The summed E-state index contributed by atoms with van der Waals surface area (Å²) in [7, 11) is 0. The summed E-state index contributed by atoms with van der Waals surface area (Å²) in [6.07, 6.45) is 0.214. The second kappa shape index (κ2) is 7.39. The minimum Gasteiger partial charge on any atom is -0.466 e. The van der Waals surface area contributed by atoms with Gasteiger partial charge in [-0.25, -0.2) is 4.39 Å². The number of hydrogen-bond donors (Lipinski definition) is 0. The summed E-state index contributed by atoms with van der Waals surface area (Å²) in [5.41, 5.74) is 0.243. The van der Waals surface area contributed by atoms with Gasteiger partial charge in [-0.2, -0.15) is 0 Å². The van der Waals surface area contributed by atoms with E-state index in [2.05, 4.69) is 4.90 Å². The van der Waals surface area contributed by atoms with Gasteiger partial charge in [-0.15, -0.1) is 0 Å². The van der Waals surface area contributed by atoms with E-state index in [1.165, 1.54) is 12.1 Å². The first-order valence-electron chi connectivity index (χ1n) is 7.14. The fourth-order valence-electron chi connectivity index (χ4n) is 2.63. The highest BCUT2D eigenvalue weighted by Gasteiger charge is 2.35. The van der Waals surface area contributed by atoms with Crippen molar-refractivity contribution in [3.05, 3.63) is 35.6 Å². The van der Waals surface area contributed by atoms with Gasteiger partial charge < -0.3 is 4.74 Å². The molecule has 1 atom stereocenters. The Labute approximate surface area is 120 Å². The van der Waals surface area contributed by atoms with Crippen molar-refractivity contribution < 1.29 is 13.9 Å². The first kappa shape index (κ1) is 16.6. The Kier molecular flexibility index (Phi) is 6.14. The van der Waals surface area contributed by atoms with E-state index in [-0.39, 0.29) is 18.2 Å². The molecule has 0 aromatic heterocycles. The van der Waals surface area contributed by atoms with Crippen LogP contribution in [0.5, 0.6) is 0 Å². The van der Waals surface area contributed by atoms with E-state index in [0.717, 1.165) is 18.7 Å². The Hall–Kier alpha value is -1.42. The molecule has 0 saturated heterocycles. The number of esters is 1. The molecule has 1 unspecified atom stereocenters. The molecule has 0 amide bonds. The quantitative estimate of drug-likeness (QED) is 0.718. The third kappa shape index (κ3) is 3.79. The maximum absolute atomic E-state index is 13.5. The number of carbonyl (C=O) groups is 1. The summed E-state index contributed by atoms with van der Waals surface area (Å²) in [6, 6.07) is 6.45. The predicted octanol–water partition coefficient (Wildman–Crippen LogP) is 3.34. The molecule has 0 aliphatic rings. The molecule has 3 nitrogen and oxygen atoms in total. The molecule has 20 heavy (non-hydrogen) atoms. The highest BCUT2D eigenvalue weighted by atomic mass is 19.1. The van der Waals surface area contributed by atoms with Gasteiger partial charge in [0.15, 0.2) is 0 Å². The van der Waals surface area contributed by atoms with Crippen LogP contribution in [0.1, 0.15) is 39.7 Å². The van der Waals surface area contributed by atoms with Gasteiger partial charge in [0, 0.05) is 0 Å². The van der Waals surface area contributed by atoms with Crippen molar-refractivity contribution in [3.8, 4) is 0 Å². The van der Waals surface area contributed by atoms with Crippen LogP contribution in [-0.2, 0) is 15.1 Å². The predicted molar refractivity (Wildman–Crippen MR) is 77.9 cm³/mol. The largest absolute Gasteiger partial charge is 0.466 e. The second-order valence-corrected chi connectivity index (χ2v) is 4.94. The first-order chi connectivity index (χ1) is 9.47. The van der Waals surface area contributed by atoms with Crippen LogP contribution >= 0.6 is 0 Å². The molecule has 0 bridgehead atoms. The summed E-state index contributed by atoms with van der Waals surface area (Å²) < 4.78 is 18.6. The lowest BCUT2D eigenvalue weighted by Gasteiger charge is -2.40. The number of benzene rings is 1. The van der Waals surface area contributed by atoms with E-state index in [4.69, 9.17) is 4.74 Å². The molecular formula is C16H24FNO2. The number of hydrogen-bond acceptors (Lipinski definition) is 3. The molecule has 112 valence electrons. The molecule has 0 aliphatic heterocycles. The van der Waals surface area contributed by atoms with Crippen LogP contribution in [0, 0.1) is 5.82 Å². The second-order valence-electron chi connectivity index (χ2n) is 4.94. The zero-order chi connectivity index (χ0) is 15.2. The Bertz CT molecular complexity index is 446. The molecule has 1 aromatic rings. The van der Waals surface area contributed by atoms with Gasteiger partial charge in [0.1, 0.15) is 5.82 Å². The normalized spacial score (nSPS) is 14.1. The maximum atomic E-state index is 13.5. The molecule has 0 aliphatic carbocycles. The zero-order valence-corrected chi connectivity index (χ0v) is 12.8.